The second-order valence-corrected chi connectivity index (χ2v) is 11.1. The fourth-order valence-electron chi connectivity index (χ4n) is 3.71. The van der Waals surface area contributed by atoms with Crippen LogP contribution in [0.25, 0.3) is 0 Å². The van der Waals surface area contributed by atoms with E-state index in [1.807, 2.05) is 52.0 Å². The second-order valence-electron chi connectivity index (χ2n) is 9.19. The number of amides is 2. The van der Waals surface area contributed by atoms with E-state index in [1.54, 1.807) is 38.3 Å². The van der Waals surface area contributed by atoms with Gasteiger partial charge in [0.1, 0.15) is 18.3 Å². The van der Waals surface area contributed by atoms with Crippen molar-refractivity contribution in [1.82, 2.24) is 10.2 Å². The minimum atomic E-state index is -3.78. The van der Waals surface area contributed by atoms with E-state index in [4.69, 9.17) is 4.74 Å². The number of benzene rings is 2. The van der Waals surface area contributed by atoms with E-state index in [9.17, 15) is 18.0 Å². The molecule has 0 fully saturated rings. The van der Waals surface area contributed by atoms with Gasteiger partial charge in [-0.05, 0) is 56.0 Å². The SMILES string of the molecule is COc1ccc(CN(C(=O)CN(c2ccccc2C(C)C)S(C)(=O)=O)[C@@H](C)C(=O)NC(C)C)cc1. The minimum Gasteiger partial charge on any atom is -0.497 e. The largest absolute Gasteiger partial charge is 0.497 e. The molecule has 0 saturated heterocycles. The van der Waals surface area contributed by atoms with E-state index >= 15 is 0 Å². The normalized spacial score (nSPS) is 12.4. The van der Waals surface area contributed by atoms with E-state index in [-0.39, 0.29) is 24.4 Å². The predicted octanol–water partition coefficient (Wildman–Crippen LogP) is 3.53. The molecule has 8 nitrogen and oxygen atoms in total. The number of carbonyl (C=O) groups excluding carboxylic acids is 2. The number of hydrogen-bond donors (Lipinski definition) is 1. The Morgan fingerprint density at radius 1 is 0.971 bits per heavy atom. The second kappa shape index (κ2) is 12.1. The number of carbonyl (C=O) groups is 2. The van der Waals surface area contributed by atoms with Crippen LogP contribution in [-0.4, -0.2) is 57.1 Å². The third-order valence-corrected chi connectivity index (χ3v) is 6.74. The molecule has 0 aromatic heterocycles. The number of methoxy groups -OCH3 is 1. The minimum absolute atomic E-state index is 0.0525. The Morgan fingerprint density at radius 2 is 1.57 bits per heavy atom. The Kier molecular flexibility index (Phi) is 9.71. The van der Waals surface area contributed by atoms with Crippen LogP contribution in [0.3, 0.4) is 0 Å². The molecule has 0 aliphatic heterocycles. The Bertz CT molecular complexity index is 1110. The van der Waals surface area contributed by atoms with Crippen LogP contribution in [-0.2, 0) is 26.2 Å². The van der Waals surface area contributed by atoms with Crippen LogP contribution >= 0.6 is 0 Å². The Labute approximate surface area is 209 Å². The molecule has 9 heteroatoms. The summed E-state index contributed by atoms with van der Waals surface area (Å²) in [6, 6.07) is 13.4. The molecule has 0 spiro atoms. The molecule has 0 bridgehead atoms. The van der Waals surface area contributed by atoms with Gasteiger partial charge in [0.05, 0.1) is 19.1 Å². The summed E-state index contributed by atoms with van der Waals surface area (Å²) in [5.41, 5.74) is 2.07. The lowest BCUT2D eigenvalue weighted by molar-refractivity contribution is -0.139. The zero-order valence-electron chi connectivity index (χ0n) is 21.6. The van der Waals surface area contributed by atoms with Gasteiger partial charge < -0.3 is 15.0 Å². The summed E-state index contributed by atoms with van der Waals surface area (Å²) in [5, 5.41) is 2.84. The first-order valence-corrected chi connectivity index (χ1v) is 13.5. The number of nitrogens with one attached hydrogen (secondary N) is 1. The summed E-state index contributed by atoms with van der Waals surface area (Å²) >= 11 is 0. The van der Waals surface area contributed by atoms with Crippen molar-refractivity contribution >= 4 is 27.5 Å². The van der Waals surface area contributed by atoms with Crippen LogP contribution in [0.15, 0.2) is 48.5 Å². The van der Waals surface area contributed by atoms with Crippen molar-refractivity contribution in [3.8, 4) is 5.75 Å². The van der Waals surface area contributed by atoms with E-state index in [1.165, 1.54) is 4.90 Å². The van der Waals surface area contributed by atoms with Gasteiger partial charge in [-0.15, -0.1) is 0 Å². The number of anilines is 1. The summed E-state index contributed by atoms with van der Waals surface area (Å²) in [7, 11) is -2.21. The highest BCUT2D eigenvalue weighted by molar-refractivity contribution is 7.92. The zero-order valence-corrected chi connectivity index (χ0v) is 22.4. The average Bonchev–Trinajstić information content (AvgIpc) is 2.79. The number of para-hydroxylation sites is 1. The lowest BCUT2D eigenvalue weighted by atomic mass is 10.0. The topological polar surface area (TPSA) is 96.0 Å². The van der Waals surface area contributed by atoms with Crippen LogP contribution < -0.4 is 14.4 Å². The van der Waals surface area contributed by atoms with Crippen LogP contribution in [0.4, 0.5) is 5.69 Å². The molecule has 0 aliphatic carbocycles. The van der Waals surface area contributed by atoms with Gasteiger partial charge in [0.25, 0.3) is 0 Å². The Hall–Kier alpha value is -3.07. The van der Waals surface area contributed by atoms with Gasteiger partial charge in [-0.25, -0.2) is 8.42 Å². The highest BCUT2D eigenvalue weighted by Crippen LogP contribution is 2.29. The quantitative estimate of drug-likeness (QED) is 0.506. The molecular weight excluding hydrogens is 466 g/mol. The van der Waals surface area contributed by atoms with Gasteiger partial charge in [0.2, 0.25) is 21.8 Å². The lowest BCUT2D eigenvalue weighted by Gasteiger charge is -2.32. The Morgan fingerprint density at radius 3 is 2.09 bits per heavy atom. The maximum absolute atomic E-state index is 13.6. The lowest BCUT2D eigenvalue weighted by Crippen LogP contribution is -2.52. The molecule has 0 radical (unpaired) electrons. The standard InChI is InChI=1S/C26H37N3O5S/c1-18(2)23-10-8-9-11-24(23)29(35(7,32)33)17-25(30)28(20(5)26(31)27-19(3)4)16-21-12-14-22(34-6)15-13-21/h8-15,18-20H,16-17H2,1-7H3,(H,27,31)/t20-/m0/s1. The van der Waals surface area contributed by atoms with Crippen molar-refractivity contribution < 1.29 is 22.7 Å². The molecule has 0 unspecified atom stereocenters. The van der Waals surface area contributed by atoms with E-state index < -0.39 is 28.5 Å². The number of rotatable bonds is 11. The number of hydrogen-bond acceptors (Lipinski definition) is 5. The molecule has 192 valence electrons. The summed E-state index contributed by atoms with van der Waals surface area (Å²) in [6.45, 7) is 8.98. The fourth-order valence-corrected chi connectivity index (χ4v) is 4.58. The molecule has 35 heavy (non-hydrogen) atoms. The molecule has 0 aliphatic rings. The van der Waals surface area contributed by atoms with Gasteiger partial charge >= 0.3 is 0 Å². The molecule has 0 heterocycles. The average molecular weight is 504 g/mol. The van der Waals surface area contributed by atoms with Crippen molar-refractivity contribution in [1.29, 1.82) is 0 Å². The first kappa shape index (κ1) is 28.2. The number of sulfonamides is 1. The maximum Gasteiger partial charge on any atom is 0.244 e. The van der Waals surface area contributed by atoms with Gasteiger partial charge in [0, 0.05) is 12.6 Å². The van der Waals surface area contributed by atoms with Crippen molar-refractivity contribution in [2.45, 2.75) is 59.2 Å². The summed E-state index contributed by atoms with van der Waals surface area (Å²) in [4.78, 5) is 27.9. The first-order valence-electron chi connectivity index (χ1n) is 11.6. The van der Waals surface area contributed by atoms with Gasteiger partial charge in [-0.3, -0.25) is 13.9 Å². The summed E-state index contributed by atoms with van der Waals surface area (Å²) in [6.07, 6.45) is 1.08. The van der Waals surface area contributed by atoms with Crippen molar-refractivity contribution in [3.05, 3.63) is 59.7 Å². The summed E-state index contributed by atoms with van der Waals surface area (Å²) in [5.74, 6) is -0.0611. The molecule has 2 amide bonds. The smallest absolute Gasteiger partial charge is 0.244 e. The van der Waals surface area contributed by atoms with Crippen molar-refractivity contribution in [2.24, 2.45) is 0 Å². The monoisotopic (exact) mass is 503 g/mol. The Balaban J connectivity index is 2.45. The van der Waals surface area contributed by atoms with Crippen LogP contribution in [0.5, 0.6) is 5.75 Å². The van der Waals surface area contributed by atoms with Crippen LogP contribution in [0.2, 0.25) is 0 Å². The molecule has 1 N–H and O–H groups in total. The van der Waals surface area contributed by atoms with Crippen LogP contribution in [0, 0.1) is 0 Å². The number of nitrogens with zero attached hydrogens (tertiary/aromatic N) is 2. The number of ether oxygens (including phenoxy) is 1. The van der Waals surface area contributed by atoms with Crippen molar-refractivity contribution in [2.75, 3.05) is 24.2 Å². The molecular formula is C26H37N3O5S. The molecule has 1 atom stereocenters. The van der Waals surface area contributed by atoms with E-state index in [0.717, 1.165) is 21.7 Å². The predicted molar refractivity (Wildman–Crippen MR) is 139 cm³/mol. The zero-order chi connectivity index (χ0) is 26.3. The molecule has 2 rings (SSSR count). The van der Waals surface area contributed by atoms with Crippen LogP contribution in [0.1, 0.15) is 51.7 Å². The van der Waals surface area contributed by atoms with E-state index in [2.05, 4.69) is 5.32 Å². The first-order chi connectivity index (χ1) is 16.3. The summed E-state index contributed by atoms with van der Waals surface area (Å²) < 4.78 is 31.9. The third-order valence-electron chi connectivity index (χ3n) is 5.62. The fraction of sp³-hybridized carbons (Fsp3) is 0.462. The van der Waals surface area contributed by atoms with Gasteiger partial charge in [0.15, 0.2) is 0 Å². The van der Waals surface area contributed by atoms with Gasteiger partial charge in [-0.1, -0.05) is 44.2 Å². The highest BCUT2D eigenvalue weighted by atomic mass is 32.2. The molecule has 2 aromatic rings. The third kappa shape index (κ3) is 7.71. The van der Waals surface area contributed by atoms with E-state index in [0.29, 0.717) is 11.4 Å². The molecule has 2 aromatic carbocycles. The van der Waals surface area contributed by atoms with Crippen molar-refractivity contribution in [3.63, 3.8) is 0 Å². The van der Waals surface area contributed by atoms with Gasteiger partial charge in [-0.2, -0.15) is 0 Å². The highest BCUT2D eigenvalue weighted by Gasteiger charge is 2.31. The molecule has 0 saturated carbocycles. The maximum atomic E-state index is 13.6.